The Hall–Kier alpha value is -2.40. The number of pyridine rings is 1. The summed E-state index contributed by atoms with van der Waals surface area (Å²) < 4.78 is 1.72. The monoisotopic (exact) mass is 328 g/mol. The number of carbonyl (C=O) groups excluding carboxylic acids is 1. The van der Waals surface area contributed by atoms with E-state index in [2.05, 4.69) is 15.4 Å². The minimum absolute atomic E-state index is 0.128. The van der Waals surface area contributed by atoms with E-state index >= 15 is 0 Å². The maximum atomic E-state index is 12.3. The number of carbonyl (C=O) groups is 1. The van der Waals surface area contributed by atoms with Gasteiger partial charge in [0.1, 0.15) is 0 Å². The fourth-order valence-corrected chi connectivity index (χ4v) is 2.63. The Morgan fingerprint density at radius 3 is 2.78 bits per heavy atom. The van der Waals surface area contributed by atoms with Crippen LogP contribution in [0.4, 0.5) is 0 Å². The first-order chi connectivity index (χ1) is 11.0. The molecule has 0 spiro atoms. The molecule has 23 heavy (non-hydrogen) atoms. The lowest BCUT2D eigenvalue weighted by Gasteiger charge is -2.06. The smallest absolute Gasteiger partial charge is 0.252 e. The molecule has 0 radical (unpaired) electrons. The molecule has 2 aromatic heterocycles. The van der Waals surface area contributed by atoms with Crippen LogP contribution >= 0.6 is 11.6 Å². The molecule has 0 unspecified atom stereocenters. The largest absolute Gasteiger partial charge is 0.352 e. The van der Waals surface area contributed by atoms with Gasteiger partial charge in [-0.3, -0.25) is 9.48 Å². The van der Waals surface area contributed by atoms with Crippen LogP contribution in [-0.2, 0) is 13.5 Å². The zero-order valence-corrected chi connectivity index (χ0v) is 13.8. The van der Waals surface area contributed by atoms with E-state index in [0.29, 0.717) is 17.1 Å². The molecule has 0 aliphatic carbocycles. The average Bonchev–Trinajstić information content (AvgIpc) is 2.83. The van der Waals surface area contributed by atoms with Gasteiger partial charge in [-0.05, 0) is 37.1 Å². The third-order valence-electron chi connectivity index (χ3n) is 3.74. The van der Waals surface area contributed by atoms with Gasteiger partial charge < -0.3 is 5.32 Å². The maximum Gasteiger partial charge on any atom is 0.252 e. The van der Waals surface area contributed by atoms with Crippen molar-refractivity contribution in [3.05, 3.63) is 58.4 Å². The predicted molar refractivity (Wildman–Crippen MR) is 90.7 cm³/mol. The molecule has 1 amide bonds. The van der Waals surface area contributed by atoms with Gasteiger partial charge in [-0.25, -0.2) is 4.98 Å². The van der Waals surface area contributed by atoms with Crippen LogP contribution in [0.1, 0.15) is 21.6 Å². The SMILES string of the molecule is Cc1nn(C)c2ncc(C(=O)NCCc3ccc(Cl)cc3)cc12. The van der Waals surface area contributed by atoms with Gasteiger partial charge in [0.15, 0.2) is 5.65 Å². The molecule has 1 N–H and O–H groups in total. The molecule has 0 aliphatic heterocycles. The lowest BCUT2D eigenvalue weighted by Crippen LogP contribution is -2.25. The fourth-order valence-electron chi connectivity index (χ4n) is 2.51. The highest BCUT2D eigenvalue weighted by molar-refractivity contribution is 6.30. The van der Waals surface area contributed by atoms with Crippen LogP contribution in [0.25, 0.3) is 11.0 Å². The molecule has 1 aromatic carbocycles. The van der Waals surface area contributed by atoms with Crippen LogP contribution in [-0.4, -0.2) is 27.2 Å². The number of amides is 1. The van der Waals surface area contributed by atoms with E-state index < -0.39 is 0 Å². The molecular formula is C17H17ClN4O. The van der Waals surface area contributed by atoms with Crippen LogP contribution in [0.5, 0.6) is 0 Å². The number of hydrogen-bond donors (Lipinski definition) is 1. The first-order valence-corrected chi connectivity index (χ1v) is 7.74. The molecule has 0 fully saturated rings. The summed E-state index contributed by atoms with van der Waals surface area (Å²) in [5.74, 6) is -0.128. The van der Waals surface area contributed by atoms with Crippen molar-refractivity contribution in [2.24, 2.45) is 7.05 Å². The first kappa shape index (κ1) is 15.5. The summed E-state index contributed by atoms with van der Waals surface area (Å²) in [7, 11) is 1.84. The van der Waals surface area contributed by atoms with Crippen molar-refractivity contribution < 1.29 is 4.79 Å². The van der Waals surface area contributed by atoms with Gasteiger partial charge in [-0.2, -0.15) is 5.10 Å². The van der Waals surface area contributed by atoms with E-state index in [0.717, 1.165) is 28.7 Å². The van der Waals surface area contributed by atoms with Gasteiger partial charge in [-0.15, -0.1) is 0 Å². The van der Waals surface area contributed by atoms with E-state index in [4.69, 9.17) is 11.6 Å². The van der Waals surface area contributed by atoms with Crippen LogP contribution < -0.4 is 5.32 Å². The Kier molecular flexibility index (Phi) is 4.30. The number of nitrogens with one attached hydrogen (secondary N) is 1. The Labute approximate surface area is 139 Å². The van der Waals surface area contributed by atoms with E-state index in [9.17, 15) is 4.79 Å². The first-order valence-electron chi connectivity index (χ1n) is 7.36. The Balaban J connectivity index is 1.66. The summed E-state index contributed by atoms with van der Waals surface area (Å²) in [5.41, 5.74) is 3.32. The van der Waals surface area contributed by atoms with E-state index in [1.807, 2.05) is 44.3 Å². The van der Waals surface area contributed by atoms with Gasteiger partial charge in [0.25, 0.3) is 5.91 Å². The molecule has 3 rings (SSSR count). The highest BCUT2D eigenvalue weighted by Crippen LogP contribution is 2.16. The normalized spacial score (nSPS) is 10.9. The quantitative estimate of drug-likeness (QED) is 0.801. The summed E-state index contributed by atoms with van der Waals surface area (Å²) in [4.78, 5) is 16.6. The molecule has 0 atom stereocenters. The lowest BCUT2D eigenvalue weighted by molar-refractivity contribution is 0.0954. The summed E-state index contributed by atoms with van der Waals surface area (Å²) in [6, 6.07) is 9.45. The standard InChI is InChI=1S/C17H17ClN4O/c1-11-15-9-13(10-20-16(15)22(2)21-11)17(23)19-8-7-12-3-5-14(18)6-4-12/h3-6,9-10H,7-8H2,1-2H3,(H,19,23). The molecule has 0 saturated heterocycles. The van der Waals surface area contributed by atoms with Crippen molar-refractivity contribution in [3.8, 4) is 0 Å². The number of nitrogens with zero attached hydrogens (tertiary/aromatic N) is 3. The number of fused-ring (bicyclic) bond motifs is 1. The zero-order chi connectivity index (χ0) is 16.4. The van der Waals surface area contributed by atoms with Gasteiger partial charge >= 0.3 is 0 Å². The van der Waals surface area contributed by atoms with Crippen molar-refractivity contribution in [3.63, 3.8) is 0 Å². The Morgan fingerprint density at radius 1 is 1.30 bits per heavy atom. The van der Waals surface area contributed by atoms with Crippen molar-refractivity contribution >= 4 is 28.5 Å². The summed E-state index contributed by atoms with van der Waals surface area (Å²) in [5, 5.41) is 8.84. The molecule has 0 aliphatic rings. The van der Waals surface area contributed by atoms with Crippen molar-refractivity contribution in [2.45, 2.75) is 13.3 Å². The summed E-state index contributed by atoms with van der Waals surface area (Å²) >= 11 is 5.85. The van der Waals surface area contributed by atoms with Crippen LogP contribution in [0, 0.1) is 6.92 Å². The minimum atomic E-state index is -0.128. The number of aryl methyl sites for hydroxylation is 2. The molecule has 6 heteroatoms. The molecule has 5 nitrogen and oxygen atoms in total. The molecule has 118 valence electrons. The minimum Gasteiger partial charge on any atom is -0.352 e. The van der Waals surface area contributed by atoms with E-state index in [1.165, 1.54) is 0 Å². The second-order valence-corrected chi connectivity index (χ2v) is 5.87. The number of aromatic nitrogens is 3. The highest BCUT2D eigenvalue weighted by Gasteiger charge is 2.11. The molecule has 2 heterocycles. The second kappa shape index (κ2) is 6.38. The average molecular weight is 329 g/mol. The van der Waals surface area contributed by atoms with Gasteiger partial charge in [0.2, 0.25) is 0 Å². The van der Waals surface area contributed by atoms with E-state index in [1.54, 1.807) is 10.9 Å². The van der Waals surface area contributed by atoms with Gasteiger partial charge in [-0.1, -0.05) is 23.7 Å². The fraction of sp³-hybridized carbons (Fsp3) is 0.235. The number of benzene rings is 1. The number of rotatable bonds is 4. The van der Waals surface area contributed by atoms with Crippen molar-refractivity contribution in [2.75, 3.05) is 6.54 Å². The molecule has 0 saturated carbocycles. The summed E-state index contributed by atoms with van der Waals surface area (Å²) in [6.07, 6.45) is 2.34. The Bertz CT molecular complexity index is 855. The second-order valence-electron chi connectivity index (χ2n) is 5.44. The maximum absolute atomic E-state index is 12.3. The van der Waals surface area contributed by atoms with Gasteiger partial charge in [0, 0.05) is 30.2 Å². The lowest BCUT2D eigenvalue weighted by atomic mass is 10.1. The zero-order valence-electron chi connectivity index (χ0n) is 13.0. The van der Waals surface area contributed by atoms with Crippen LogP contribution in [0.3, 0.4) is 0 Å². The third-order valence-corrected chi connectivity index (χ3v) is 3.99. The highest BCUT2D eigenvalue weighted by atomic mass is 35.5. The molecular weight excluding hydrogens is 312 g/mol. The van der Waals surface area contributed by atoms with Crippen molar-refractivity contribution in [1.29, 1.82) is 0 Å². The summed E-state index contributed by atoms with van der Waals surface area (Å²) in [6.45, 7) is 2.47. The van der Waals surface area contributed by atoms with E-state index in [-0.39, 0.29) is 5.91 Å². The molecule has 0 bridgehead atoms. The van der Waals surface area contributed by atoms with Crippen molar-refractivity contribution in [1.82, 2.24) is 20.1 Å². The molecule has 3 aromatic rings. The van der Waals surface area contributed by atoms with Crippen LogP contribution in [0.2, 0.25) is 5.02 Å². The van der Waals surface area contributed by atoms with Crippen LogP contribution in [0.15, 0.2) is 36.5 Å². The third kappa shape index (κ3) is 3.35. The number of hydrogen-bond acceptors (Lipinski definition) is 3. The topological polar surface area (TPSA) is 59.8 Å². The number of halogens is 1. The Morgan fingerprint density at radius 2 is 2.04 bits per heavy atom. The van der Waals surface area contributed by atoms with Gasteiger partial charge in [0.05, 0.1) is 11.3 Å². The predicted octanol–water partition coefficient (Wildman–Crippen LogP) is 2.90.